The first-order valence-corrected chi connectivity index (χ1v) is 52.3. The molecule has 12 aromatic rings. The summed E-state index contributed by atoms with van der Waals surface area (Å²) in [6.07, 6.45) is 2.69. The van der Waals surface area contributed by atoms with Crippen molar-refractivity contribution in [3.05, 3.63) is 229 Å². The summed E-state index contributed by atoms with van der Waals surface area (Å²) in [5.74, 6) is 0.295. The van der Waals surface area contributed by atoms with Crippen LogP contribution in [0.1, 0.15) is 31.7 Å². The van der Waals surface area contributed by atoms with Gasteiger partial charge in [0.1, 0.15) is 28.1 Å². The topological polar surface area (TPSA) is 440 Å². The van der Waals surface area contributed by atoms with E-state index in [4.69, 9.17) is 47.6 Å². The van der Waals surface area contributed by atoms with Crippen LogP contribution in [-0.2, 0) is 60.1 Å². The minimum Gasteiger partial charge on any atom is -0.493 e. The van der Waals surface area contributed by atoms with E-state index < -0.39 is 105 Å². The van der Waals surface area contributed by atoms with Crippen LogP contribution in [0.15, 0.2) is 235 Å². The Morgan fingerprint density at radius 1 is 0.328 bits per heavy atom. The van der Waals surface area contributed by atoms with Gasteiger partial charge in [-0.1, -0.05) is 69.8 Å². The molecule has 0 bridgehead atoms. The molecule has 0 atom stereocenters. The Morgan fingerprint density at radius 2 is 0.612 bits per heavy atom. The molecule has 0 radical (unpaired) electrons. The second-order valence-electron chi connectivity index (χ2n) is 32.5. The fourth-order valence-corrected chi connectivity index (χ4v) is 24.6. The van der Waals surface area contributed by atoms with Crippen LogP contribution in [0.3, 0.4) is 0 Å². The maximum absolute atomic E-state index is 13.3. The van der Waals surface area contributed by atoms with Gasteiger partial charge in [-0.2, -0.15) is 25.8 Å². The molecule has 12 heterocycles. The predicted molar refractivity (Wildman–Crippen MR) is 504 cm³/mol. The van der Waals surface area contributed by atoms with Crippen LogP contribution in [0, 0.1) is 12.7 Å². The molecule has 0 spiro atoms. The van der Waals surface area contributed by atoms with Gasteiger partial charge in [-0.3, -0.25) is 0 Å². The molecule has 6 aromatic heterocycles. The maximum atomic E-state index is 13.3. The lowest BCUT2D eigenvalue weighted by atomic mass is 10.2. The van der Waals surface area contributed by atoms with Crippen molar-refractivity contribution < 1.29 is 90.9 Å². The summed E-state index contributed by atoms with van der Waals surface area (Å²) >= 11 is 9.23. The average molecular weight is 2050 g/mol. The molecule has 0 unspecified atom stereocenters. The molecule has 37 nitrogen and oxygen atoms in total. The number of hydrogen-bond donors (Lipinski definition) is 0. The van der Waals surface area contributed by atoms with Crippen LogP contribution >= 0.6 is 27.5 Å². The third-order valence-corrected chi connectivity index (χ3v) is 35.1. The number of aryl methyl sites for hydroxylation is 1. The van der Waals surface area contributed by atoms with Crippen molar-refractivity contribution >= 4 is 153 Å². The molecule has 0 amide bonds. The quantitative estimate of drug-likeness (QED) is 0.0880. The first-order valence-electron chi connectivity index (χ1n) is 42.5. The largest absolute Gasteiger partial charge is 0.493 e. The standard InChI is InChI=1S/C16H20N2O5S.C15H18N2O5S.C15H17NO4S.C14H15BrN2O4S.C14H15ClN2O4S.C14H15FN2O4S/c1-3-22-13-6-4-5-12-11-14(16(19)23-15(12)13)24(20,21)18-9-7-17(2)8-10-18;1-16-6-8-17(9-7-16)23(19,20)13-10-11-4-3-5-12(21-2)14(11)22-15(13)18;1-11-5-6-13-12(9-11)10-14(15(17)20-13)21(18,19)16-7-3-2-4-8-16;3*1-16-4-6-17(7-5-16)22(19,20)13-9-10-8-11(15)2-3-12(10)21-14(13)18/h4-6,11H,3,7-10H2,1-2H3;3-5,10H,6-9H2,1-2H3;5-6,9-10H,2-4,7-8H2,1H3;3*2-3,8-9H,4-7H2,1H3. The number of halogens is 3. The number of hydrogen-bond acceptors (Lipinski definition) is 31. The van der Waals surface area contributed by atoms with Gasteiger partial charge in [-0.15, -0.1) is 0 Å². The molecule has 6 saturated heterocycles. The first kappa shape index (κ1) is 102. The molecule has 46 heteroatoms. The maximum Gasteiger partial charge on any atom is 0.356 e. The third-order valence-electron chi connectivity index (χ3n) is 23.1. The number of rotatable bonds is 15. The zero-order chi connectivity index (χ0) is 96.7. The third kappa shape index (κ3) is 23.3. The zero-order valence-electron chi connectivity index (χ0n) is 74.4. The van der Waals surface area contributed by atoms with Crippen molar-refractivity contribution in [1.82, 2.24) is 50.3 Å². The van der Waals surface area contributed by atoms with E-state index in [1.807, 2.05) is 85.7 Å². The predicted octanol–water partition coefficient (Wildman–Crippen LogP) is 7.88. The highest BCUT2D eigenvalue weighted by molar-refractivity contribution is 9.10. The molecule has 0 aliphatic carbocycles. The number of methoxy groups -OCH3 is 1. The van der Waals surface area contributed by atoms with Gasteiger partial charge in [0.2, 0.25) is 60.1 Å². The highest BCUT2D eigenvalue weighted by atomic mass is 79.9. The van der Waals surface area contributed by atoms with E-state index in [1.165, 1.54) is 75.4 Å². The average Bonchev–Trinajstić information content (AvgIpc) is 0.842. The smallest absolute Gasteiger partial charge is 0.356 e. The Kier molecular flexibility index (Phi) is 32.5. The van der Waals surface area contributed by atoms with Gasteiger partial charge in [0.15, 0.2) is 52.0 Å². The van der Waals surface area contributed by atoms with E-state index >= 15 is 0 Å². The summed E-state index contributed by atoms with van der Waals surface area (Å²) in [7, 11) is -12.1. The van der Waals surface area contributed by atoms with E-state index in [2.05, 4.69) is 15.9 Å². The molecule has 6 aliphatic heterocycles. The Hall–Kier alpha value is -9.86. The Labute approximate surface area is 784 Å². The second-order valence-corrected chi connectivity index (χ2v) is 45.3. The Balaban J connectivity index is 0.000000136. The van der Waals surface area contributed by atoms with Gasteiger partial charge in [0.05, 0.1) is 13.7 Å². The van der Waals surface area contributed by atoms with Crippen LogP contribution in [0.5, 0.6) is 11.5 Å². The second kappa shape index (κ2) is 42.8. The Bertz CT molecular complexity index is 7170. The van der Waals surface area contributed by atoms with Gasteiger partial charge in [-0.05, 0) is 177 Å². The molecule has 0 N–H and O–H groups in total. The highest BCUT2D eigenvalue weighted by Crippen LogP contribution is 2.32. The van der Waals surface area contributed by atoms with E-state index in [1.54, 1.807) is 78.9 Å². The van der Waals surface area contributed by atoms with E-state index in [-0.39, 0.29) is 46.6 Å². The number of ether oxygens (including phenoxy) is 2. The number of piperazine rings is 5. The number of fused-ring (bicyclic) bond motifs is 6. The number of sulfonamides is 6. The minimum absolute atomic E-state index is 0.156. The number of nitrogens with zero attached hydrogens (tertiary/aromatic N) is 11. The summed E-state index contributed by atoms with van der Waals surface area (Å²) in [5, 5.41) is 3.41. The molecule has 6 fully saturated rings. The van der Waals surface area contributed by atoms with E-state index in [9.17, 15) is 83.7 Å². The van der Waals surface area contributed by atoms with E-state index in [0.717, 1.165) is 41.4 Å². The first-order chi connectivity index (χ1) is 63.5. The SMILES string of the molecule is CCOc1cccc2cc(S(=O)(=O)N3CCN(C)CC3)c(=O)oc12.CN1CCN(S(=O)(=O)c2cc3cc(Br)ccc3oc2=O)CC1.CN1CCN(S(=O)(=O)c2cc3cc(Cl)ccc3oc2=O)CC1.CN1CCN(S(=O)(=O)c2cc3cc(F)ccc3oc2=O)CC1.COc1cccc2cc(S(=O)(=O)N3CCN(C)CC3)c(=O)oc12.Cc1ccc2oc(=O)c(S(=O)(=O)N3CCCCC3)cc2c1. The van der Waals surface area contributed by atoms with Crippen molar-refractivity contribution in [3.8, 4) is 11.5 Å². The number of likely N-dealkylation sites (N-methyl/N-ethyl adjacent to an activating group) is 5. The van der Waals surface area contributed by atoms with Gasteiger partial charge in [0, 0.05) is 186 Å². The zero-order valence-corrected chi connectivity index (χ0v) is 81.6. The van der Waals surface area contributed by atoms with Crippen LogP contribution in [0.2, 0.25) is 5.02 Å². The molecular formula is C88H100BrClFN11O26S6. The van der Waals surface area contributed by atoms with Crippen molar-refractivity contribution in [2.24, 2.45) is 0 Å². The lowest BCUT2D eigenvalue weighted by Crippen LogP contribution is -2.47. The Morgan fingerprint density at radius 3 is 0.963 bits per heavy atom. The summed E-state index contributed by atoms with van der Waals surface area (Å²) in [6, 6.07) is 36.9. The summed E-state index contributed by atoms with van der Waals surface area (Å²) in [6.45, 7) is 14.8. The van der Waals surface area contributed by atoms with Crippen LogP contribution in [0.4, 0.5) is 4.39 Å². The number of para-hydroxylation sites is 2. The van der Waals surface area contributed by atoms with Crippen molar-refractivity contribution in [3.63, 3.8) is 0 Å². The molecule has 6 aromatic carbocycles. The van der Waals surface area contributed by atoms with Crippen molar-refractivity contribution in [1.29, 1.82) is 0 Å². The normalized spacial score (nSPS) is 17.6. The molecular weight excluding hydrogens is 1950 g/mol. The number of benzene rings is 6. The van der Waals surface area contributed by atoms with Crippen molar-refractivity contribution in [2.75, 3.05) is 193 Å². The highest BCUT2D eigenvalue weighted by Gasteiger charge is 2.38. The molecule has 6 aliphatic rings. The minimum atomic E-state index is -3.94. The van der Waals surface area contributed by atoms with Crippen LogP contribution in [-0.4, -0.2) is 294 Å². The molecule has 134 heavy (non-hydrogen) atoms. The molecule has 720 valence electrons. The summed E-state index contributed by atoms with van der Waals surface area (Å²) < 4.78 is 216. The fraction of sp³-hybridized carbons (Fsp3) is 0.386. The van der Waals surface area contributed by atoms with Crippen LogP contribution < -0.4 is 43.2 Å². The van der Waals surface area contributed by atoms with Gasteiger partial charge < -0.3 is 60.5 Å². The summed E-state index contributed by atoms with van der Waals surface area (Å²) in [5.41, 5.74) is -2.41. The number of piperidine rings is 1. The lowest BCUT2D eigenvalue weighted by molar-refractivity contribution is 0.222. The van der Waals surface area contributed by atoms with E-state index in [0.29, 0.717) is 211 Å². The van der Waals surface area contributed by atoms with Crippen molar-refractivity contribution in [2.45, 2.75) is 62.5 Å². The van der Waals surface area contributed by atoms with Gasteiger partial charge in [-0.25, -0.2) is 83.7 Å². The summed E-state index contributed by atoms with van der Waals surface area (Å²) in [4.78, 5) is 80.8. The lowest BCUT2D eigenvalue weighted by Gasteiger charge is -2.31. The monoisotopic (exact) mass is 2050 g/mol. The molecule has 0 saturated carbocycles. The van der Waals surface area contributed by atoms with Gasteiger partial charge in [0.25, 0.3) is 0 Å². The van der Waals surface area contributed by atoms with Crippen LogP contribution in [0.25, 0.3) is 65.8 Å². The molecule has 18 rings (SSSR count). The van der Waals surface area contributed by atoms with Gasteiger partial charge >= 0.3 is 33.8 Å². The fourth-order valence-electron chi connectivity index (χ4n) is 15.2.